The Kier molecular flexibility index (Phi) is 9.62. The highest BCUT2D eigenvalue weighted by Gasteiger charge is 2.18. The number of nitrogens with one attached hydrogen (secondary N) is 2. The fourth-order valence-electron chi connectivity index (χ4n) is 2.67. The fourth-order valence-corrected chi connectivity index (χ4v) is 2.67. The smallest absolute Gasteiger partial charge is 0.411 e. The number of nitrogens with zero attached hydrogens (tertiary/aromatic N) is 2. The SMILES string of the molecule is CCNC(=NCc1ccc(NC(=O)OC)cc1)N1CCC(C)CC1.I. The van der Waals surface area contributed by atoms with Gasteiger partial charge in [-0.25, -0.2) is 9.79 Å². The Balaban J connectivity index is 0.00000312. The third-order valence-electron chi connectivity index (χ3n) is 4.22. The number of amides is 1. The topological polar surface area (TPSA) is 66.0 Å². The van der Waals surface area contributed by atoms with Crippen molar-refractivity contribution in [1.82, 2.24) is 10.2 Å². The molecular weight excluding hydrogens is 431 g/mol. The predicted octanol–water partition coefficient (Wildman–Crippen LogP) is 3.68. The van der Waals surface area contributed by atoms with E-state index in [-0.39, 0.29) is 24.0 Å². The van der Waals surface area contributed by atoms with Gasteiger partial charge in [0.05, 0.1) is 13.7 Å². The molecule has 0 radical (unpaired) electrons. The molecule has 0 bridgehead atoms. The molecule has 1 heterocycles. The summed E-state index contributed by atoms with van der Waals surface area (Å²) in [7, 11) is 1.35. The summed E-state index contributed by atoms with van der Waals surface area (Å²) >= 11 is 0. The molecular formula is C18H29IN4O2. The van der Waals surface area contributed by atoms with Gasteiger partial charge in [0, 0.05) is 25.3 Å². The van der Waals surface area contributed by atoms with Crippen LogP contribution in [0.4, 0.5) is 10.5 Å². The summed E-state index contributed by atoms with van der Waals surface area (Å²) in [5, 5.41) is 6.03. The lowest BCUT2D eigenvalue weighted by molar-refractivity contribution is 0.187. The zero-order chi connectivity index (χ0) is 17.4. The van der Waals surface area contributed by atoms with Crippen molar-refractivity contribution < 1.29 is 9.53 Å². The average molecular weight is 460 g/mol. The number of carbonyl (C=O) groups is 1. The van der Waals surface area contributed by atoms with Crippen LogP contribution < -0.4 is 10.6 Å². The number of methoxy groups -OCH3 is 1. The Morgan fingerprint density at radius 3 is 2.48 bits per heavy atom. The highest BCUT2D eigenvalue weighted by molar-refractivity contribution is 14.0. The molecule has 25 heavy (non-hydrogen) atoms. The number of ether oxygens (including phenoxy) is 1. The van der Waals surface area contributed by atoms with E-state index in [1.165, 1.54) is 20.0 Å². The van der Waals surface area contributed by atoms with E-state index in [1.54, 1.807) is 0 Å². The lowest BCUT2D eigenvalue weighted by atomic mass is 10.00. The molecule has 7 heteroatoms. The quantitative estimate of drug-likeness (QED) is 0.409. The van der Waals surface area contributed by atoms with Crippen LogP contribution in [0.5, 0.6) is 0 Å². The van der Waals surface area contributed by atoms with Gasteiger partial charge in [-0.3, -0.25) is 5.32 Å². The first-order chi connectivity index (χ1) is 11.6. The Morgan fingerprint density at radius 2 is 1.92 bits per heavy atom. The minimum absolute atomic E-state index is 0. The molecule has 1 fully saturated rings. The van der Waals surface area contributed by atoms with E-state index in [0.29, 0.717) is 12.2 Å². The lowest BCUT2D eigenvalue weighted by Crippen LogP contribution is -2.45. The van der Waals surface area contributed by atoms with E-state index >= 15 is 0 Å². The van der Waals surface area contributed by atoms with Gasteiger partial charge in [-0.1, -0.05) is 19.1 Å². The van der Waals surface area contributed by atoms with Crippen LogP contribution in [-0.4, -0.2) is 43.7 Å². The number of hydrogen-bond donors (Lipinski definition) is 2. The normalized spacial score (nSPS) is 15.3. The maximum atomic E-state index is 11.2. The van der Waals surface area contributed by atoms with Crippen LogP contribution in [0, 0.1) is 5.92 Å². The molecule has 1 saturated heterocycles. The van der Waals surface area contributed by atoms with Crippen molar-refractivity contribution in [1.29, 1.82) is 0 Å². The van der Waals surface area contributed by atoms with Crippen LogP contribution in [0.1, 0.15) is 32.3 Å². The molecule has 1 aromatic rings. The molecule has 0 unspecified atom stereocenters. The minimum Gasteiger partial charge on any atom is -0.453 e. The van der Waals surface area contributed by atoms with Crippen molar-refractivity contribution in [3.05, 3.63) is 29.8 Å². The number of hydrogen-bond acceptors (Lipinski definition) is 3. The minimum atomic E-state index is -0.463. The van der Waals surface area contributed by atoms with E-state index in [4.69, 9.17) is 4.99 Å². The van der Waals surface area contributed by atoms with E-state index in [2.05, 4.69) is 34.1 Å². The summed E-state index contributed by atoms with van der Waals surface area (Å²) in [4.78, 5) is 18.3. The number of piperidine rings is 1. The van der Waals surface area contributed by atoms with Gasteiger partial charge in [0.1, 0.15) is 0 Å². The molecule has 0 spiro atoms. The summed E-state index contributed by atoms with van der Waals surface area (Å²) in [5.74, 6) is 1.79. The van der Waals surface area contributed by atoms with Crippen LogP contribution >= 0.6 is 24.0 Å². The Bertz CT molecular complexity index is 555. The van der Waals surface area contributed by atoms with Crippen LogP contribution in [-0.2, 0) is 11.3 Å². The number of carbonyl (C=O) groups excluding carboxylic acids is 1. The zero-order valence-electron chi connectivity index (χ0n) is 15.2. The number of halogens is 1. The standard InChI is InChI=1S/C18H28N4O2.HI/c1-4-19-17(22-11-9-14(2)10-12-22)20-13-15-5-7-16(8-6-15)21-18(23)24-3;/h5-8,14H,4,9-13H2,1-3H3,(H,19,20)(H,21,23);1H. The second-order valence-corrected chi connectivity index (χ2v) is 6.15. The first kappa shape index (κ1) is 21.5. The first-order valence-electron chi connectivity index (χ1n) is 8.59. The predicted molar refractivity (Wildman–Crippen MR) is 113 cm³/mol. The van der Waals surface area contributed by atoms with E-state index in [9.17, 15) is 4.79 Å². The maximum Gasteiger partial charge on any atom is 0.411 e. The van der Waals surface area contributed by atoms with E-state index in [0.717, 1.165) is 37.1 Å². The van der Waals surface area contributed by atoms with Gasteiger partial charge < -0.3 is 15.0 Å². The van der Waals surface area contributed by atoms with Crippen molar-refractivity contribution in [3.8, 4) is 0 Å². The summed E-state index contributed by atoms with van der Waals surface area (Å²) in [6.07, 6.45) is 1.98. The Hall–Kier alpha value is -1.51. The maximum absolute atomic E-state index is 11.2. The molecule has 0 aliphatic carbocycles. The molecule has 1 amide bonds. The third-order valence-corrected chi connectivity index (χ3v) is 4.22. The number of likely N-dealkylation sites (tertiary alicyclic amines) is 1. The average Bonchev–Trinajstić information content (AvgIpc) is 2.60. The van der Waals surface area contributed by atoms with Crippen molar-refractivity contribution in [2.24, 2.45) is 10.9 Å². The van der Waals surface area contributed by atoms with Crippen LogP contribution in [0.2, 0.25) is 0 Å². The van der Waals surface area contributed by atoms with Gasteiger partial charge in [0.15, 0.2) is 5.96 Å². The second kappa shape index (κ2) is 11.2. The third kappa shape index (κ3) is 7.09. The number of benzene rings is 1. The van der Waals surface area contributed by atoms with Gasteiger partial charge in [0.2, 0.25) is 0 Å². The van der Waals surface area contributed by atoms with E-state index in [1.807, 2.05) is 24.3 Å². The van der Waals surface area contributed by atoms with Crippen molar-refractivity contribution in [2.75, 3.05) is 32.1 Å². The number of aliphatic imine (C=N–C) groups is 1. The Morgan fingerprint density at radius 1 is 1.28 bits per heavy atom. The van der Waals surface area contributed by atoms with E-state index < -0.39 is 6.09 Å². The highest BCUT2D eigenvalue weighted by Crippen LogP contribution is 2.16. The van der Waals surface area contributed by atoms with Crippen LogP contribution in [0.15, 0.2) is 29.3 Å². The number of rotatable bonds is 4. The van der Waals surface area contributed by atoms with Crippen molar-refractivity contribution >= 4 is 41.7 Å². The molecule has 140 valence electrons. The van der Waals surface area contributed by atoms with Gasteiger partial charge in [-0.05, 0) is 43.4 Å². The largest absolute Gasteiger partial charge is 0.453 e. The van der Waals surface area contributed by atoms with Crippen LogP contribution in [0.3, 0.4) is 0 Å². The summed E-state index contributed by atoms with van der Waals surface area (Å²) < 4.78 is 4.58. The molecule has 2 rings (SSSR count). The van der Waals surface area contributed by atoms with Gasteiger partial charge >= 0.3 is 6.09 Å². The molecule has 2 N–H and O–H groups in total. The fraction of sp³-hybridized carbons (Fsp3) is 0.556. The van der Waals surface area contributed by atoms with Crippen molar-refractivity contribution in [3.63, 3.8) is 0 Å². The number of anilines is 1. The number of guanidine groups is 1. The zero-order valence-corrected chi connectivity index (χ0v) is 17.6. The molecule has 1 aliphatic heterocycles. The van der Waals surface area contributed by atoms with Gasteiger partial charge in [-0.15, -0.1) is 24.0 Å². The summed E-state index contributed by atoms with van der Waals surface area (Å²) in [5.41, 5.74) is 1.82. The Labute approximate surface area is 167 Å². The van der Waals surface area contributed by atoms with Gasteiger partial charge in [0.25, 0.3) is 0 Å². The molecule has 1 aromatic carbocycles. The second-order valence-electron chi connectivity index (χ2n) is 6.15. The molecule has 0 atom stereocenters. The highest BCUT2D eigenvalue weighted by atomic mass is 127. The van der Waals surface area contributed by atoms with Crippen LogP contribution in [0.25, 0.3) is 0 Å². The summed E-state index contributed by atoms with van der Waals surface area (Å²) in [6.45, 7) is 8.02. The van der Waals surface area contributed by atoms with Crippen molar-refractivity contribution in [2.45, 2.75) is 33.2 Å². The summed E-state index contributed by atoms with van der Waals surface area (Å²) in [6, 6.07) is 7.65. The lowest BCUT2D eigenvalue weighted by Gasteiger charge is -2.33. The first-order valence-corrected chi connectivity index (χ1v) is 8.59. The molecule has 0 saturated carbocycles. The molecule has 6 nitrogen and oxygen atoms in total. The van der Waals surface area contributed by atoms with Gasteiger partial charge in [-0.2, -0.15) is 0 Å². The molecule has 1 aliphatic rings. The monoisotopic (exact) mass is 460 g/mol. The molecule has 0 aromatic heterocycles.